The van der Waals surface area contributed by atoms with E-state index in [1.54, 1.807) is 0 Å². The number of benzene rings is 9. The molecule has 0 fully saturated rings. The topological polar surface area (TPSA) is 51.8 Å². The van der Waals surface area contributed by atoms with Crippen LogP contribution in [0.25, 0.3) is 112 Å². The average molecular weight is 780 g/mol. The number of hydrogen-bond donors (Lipinski definition) is 0. The van der Waals surface area contributed by atoms with Gasteiger partial charge in [-0.3, -0.25) is 0 Å². The Morgan fingerprint density at radius 2 is 0.705 bits per heavy atom. The first kappa shape index (κ1) is 35.9. The summed E-state index contributed by atoms with van der Waals surface area (Å²) >= 11 is 0. The number of nitrogens with zero attached hydrogens (tertiary/aromatic N) is 3. The van der Waals surface area contributed by atoms with Crippen molar-refractivity contribution in [3.05, 3.63) is 224 Å². The predicted molar refractivity (Wildman–Crippen MR) is 251 cm³/mol. The Kier molecular flexibility index (Phi) is 9.14. The van der Waals surface area contributed by atoms with Crippen LogP contribution in [-0.4, -0.2) is 15.0 Å². The molecular formula is C57H37N3O. The first-order chi connectivity index (χ1) is 30.2. The zero-order chi connectivity index (χ0) is 40.5. The molecule has 11 rings (SSSR count). The van der Waals surface area contributed by atoms with Gasteiger partial charge in [-0.15, -0.1) is 0 Å². The van der Waals surface area contributed by atoms with Crippen LogP contribution < -0.4 is 0 Å². The molecule has 286 valence electrons. The number of hydrogen-bond acceptors (Lipinski definition) is 4. The van der Waals surface area contributed by atoms with Crippen molar-refractivity contribution in [2.24, 2.45) is 0 Å². The van der Waals surface area contributed by atoms with Gasteiger partial charge in [0, 0.05) is 27.5 Å². The van der Waals surface area contributed by atoms with Gasteiger partial charge < -0.3 is 4.42 Å². The lowest BCUT2D eigenvalue weighted by Crippen LogP contribution is -2.00. The average Bonchev–Trinajstić information content (AvgIpc) is 3.73. The molecule has 9 aromatic carbocycles. The van der Waals surface area contributed by atoms with E-state index in [0.29, 0.717) is 17.5 Å². The fourth-order valence-corrected chi connectivity index (χ4v) is 8.31. The molecule has 0 saturated heterocycles. The number of fused-ring (bicyclic) bond motifs is 3. The van der Waals surface area contributed by atoms with Crippen molar-refractivity contribution in [2.75, 3.05) is 0 Å². The molecule has 4 heteroatoms. The standard InChI is InChI=1S/C57H37N3O/c1-5-15-38(16-6-1)40-27-29-43(30-28-40)56-58-55(42-21-11-4-12-22-42)59-57(60-56)49-25-14-26-53-54(49)51-37-47(32-34-52(51)61-53)48-33-31-46(36-50(48)41-19-9-3-10-20-41)45-24-13-23-44(35-45)39-17-7-2-8-18-39/h1-37H. The highest BCUT2D eigenvalue weighted by atomic mass is 16.3. The van der Waals surface area contributed by atoms with E-state index in [4.69, 9.17) is 19.4 Å². The molecule has 0 atom stereocenters. The van der Waals surface area contributed by atoms with E-state index >= 15 is 0 Å². The summed E-state index contributed by atoms with van der Waals surface area (Å²) < 4.78 is 6.56. The Bertz CT molecular complexity index is 3320. The minimum Gasteiger partial charge on any atom is -0.456 e. The smallest absolute Gasteiger partial charge is 0.164 e. The van der Waals surface area contributed by atoms with Crippen LogP contribution in [0.15, 0.2) is 229 Å². The Morgan fingerprint density at radius 1 is 0.246 bits per heavy atom. The van der Waals surface area contributed by atoms with E-state index in [-0.39, 0.29) is 0 Å². The van der Waals surface area contributed by atoms with Crippen LogP contribution in [-0.2, 0) is 0 Å². The van der Waals surface area contributed by atoms with Gasteiger partial charge in [-0.25, -0.2) is 15.0 Å². The summed E-state index contributed by atoms with van der Waals surface area (Å²) in [6.07, 6.45) is 0. The number of rotatable bonds is 8. The fraction of sp³-hybridized carbons (Fsp3) is 0. The maximum Gasteiger partial charge on any atom is 0.164 e. The van der Waals surface area contributed by atoms with Crippen molar-refractivity contribution in [1.29, 1.82) is 0 Å². The summed E-state index contributed by atoms with van der Waals surface area (Å²) in [4.78, 5) is 15.3. The molecule has 61 heavy (non-hydrogen) atoms. The second-order valence-corrected chi connectivity index (χ2v) is 15.2. The molecule has 0 amide bonds. The quantitative estimate of drug-likeness (QED) is 0.154. The molecule has 0 radical (unpaired) electrons. The van der Waals surface area contributed by atoms with E-state index < -0.39 is 0 Å². The van der Waals surface area contributed by atoms with Crippen LogP contribution in [0.2, 0.25) is 0 Å². The normalized spacial score (nSPS) is 11.3. The third kappa shape index (κ3) is 6.96. The highest BCUT2D eigenvalue weighted by molar-refractivity contribution is 6.13. The molecular weight excluding hydrogens is 743 g/mol. The van der Waals surface area contributed by atoms with Crippen molar-refractivity contribution in [2.45, 2.75) is 0 Å². The summed E-state index contributed by atoms with van der Waals surface area (Å²) in [5.41, 5.74) is 15.8. The van der Waals surface area contributed by atoms with Gasteiger partial charge in [-0.05, 0) is 86.0 Å². The van der Waals surface area contributed by atoms with Gasteiger partial charge in [0.25, 0.3) is 0 Å². The van der Waals surface area contributed by atoms with E-state index in [2.05, 4.69) is 176 Å². The van der Waals surface area contributed by atoms with Crippen LogP contribution in [0, 0.1) is 0 Å². The van der Waals surface area contributed by atoms with E-state index in [1.165, 1.54) is 16.7 Å². The van der Waals surface area contributed by atoms with Gasteiger partial charge in [-0.1, -0.05) is 194 Å². The third-order valence-electron chi connectivity index (χ3n) is 11.4. The van der Waals surface area contributed by atoms with E-state index in [1.807, 2.05) is 48.5 Å². The lowest BCUT2D eigenvalue weighted by atomic mass is 9.90. The van der Waals surface area contributed by atoms with Crippen LogP contribution in [0.1, 0.15) is 0 Å². The van der Waals surface area contributed by atoms with Crippen LogP contribution in [0.4, 0.5) is 0 Å². The molecule has 0 unspecified atom stereocenters. The summed E-state index contributed by atoms with van der Waals surface area (Å²) in [5, 5.41) is 1.96. The van der Waals surface area contributed by atoms with Gasteiger partial charge in [0.1, 0.15) is 11.2 Å². The van der Waals surface area contributed by atoms with Gasteiger partial charge >= 0.3 is 0 Å². The Morgan fingerprint density at radius 3 is 1.38 bits per heavy atom. The Labute approximate surface area is 354 Å². The molecule has 0 bridgehead atoms. The monoisotopic (exact) mass is 779 g/mol. The van der Waals surface area contributed by atoms with Crippen LogP contribution in [0.3, 0.4) is 0 Å². The summed E-state index contributed by atoms with van der Waals surface area (Å²) in [7, 11) is 0. The minimum atomic E-state index is 0.585. The third-order valence-corrected chi connectivity index (χ3v) is 11.4. The molecule has 2 aromatic heterocycles. The van der Waals surface area contributed by atoms with Gasteiger partial charge in [0.15, 0.2) is 17.5 Å². The lowest BCUT2D eigenvalue weighted by molar-refractivity contribution is 0.669. The molecule has 0 aliphatic heterocycles. The summed E-state index contributed by atoms with van der Waals surface area (Å²) in [5.74, 6) is 1.80. The molecule has 0 saturated carbocycles. The van der Waals surface area contributed by atoms with Crippen LogP contribution in [0.5, 0.6) is 0 Å². The molecule has 2 heterocycles. The van der Waals surface area contributed by atoms with Crippen molar-refractivity contribution in [1.82, 2.24) is 15.0 Å². The number of furan rings is 1. The second-order valence-electron chi connectivity index (χ2n) is 15.2. The largest absolute Gasteiger partial charge is 0.456 e. The SMILES string of the molecule is c1ccc(-c2ccc(-c3nc(-c4ccccc4)nc(-c4cccc5oc6ccc(-c7ccc(-c8cccc(-c9ccccc9)c8)cc7-c7ccccc7)cc6c45)n3)cc2)cc1. The predicted octanol–water partition coefficient (Wildman–Crippen LogP) is 15.1. The highest BCUT2D eigenvalue weighted by Gasteiger charge is 2.19. The first-order valence-corrected chi connectivity index (χ1v) is 20.5. The number of aromatic nitrogens is 3. The first-order valence-electron chi connectivity index (χ1n) is 20.5. The molecule has 4 nitrogen and oxygen atoms in total. The highest BCUT2D eigenvalue weighted by Crippen LogP contribution is 2.42. The Balaban J connectivity index is 1.05. The van der Waals surface area contributed by atoms with E-state index in [9.17, 15) is 0 Å². The zero-order valence-corrected chi connectivity index (χ0v) is 33.1. The maximum atomic E-state index is 6.56. The zero-order valence-electron chi connectivity index (χ0n) is 33.1. The molecule has 0 spiro atoms. The molecule has 0 N–H and O–H groups in total. The Hall–Kier alpha value is -8.21. The molecule has 0 aliphatic carbocycles. The maximum absolute atomic E-state index is 6.56. The van der Waals surface area contributed by atoms with Crippen molar-refractivity contribution in [3.8, 4) is 89.8 Å². The van der Waals surface area contributed by atoms with Crippen molar-refractivity contribution < 1.29 is 4.42 Å². The van der Waals surface area contributed by atoms with Gasteiger partial charge in [0.2, 0.25) is 0 Å². The fourth-order valence-electron chi connectivity index (χ4n) is 8.31. The minimum absolute atomic E-state index is 0.585. The van der Waals surface area contributed by atoms with Crippen molar-refractivity contribution >= 4 is 21.9 Å². The van der Waals surface area contributed by atoms with Gasteiger partial charge in [-0.2, -0.15) is 0 Å². The van der Waals surface area contributed by atoms with Crippen molar-refractivity contribution in [3.63, 3.8) is 0 Å². The van der Waals surface area contributed by atoms with Gasteiger partial charge in [0.05, 0.1) is 0 Å². The molecule has 11 aromatic rings. The summed E-state index contributed by atoms with van der Waals surface area (Å²) in [6.45, 7) is 0. The second kappa shape index (κ2) is 15.5. The van der Waals surface area contributed by atoms with Crippen LogP contribution >= 0.6 is 0 Å². The lowest BCUT2D eigenvalue weighted by Gasteiger charge is -2.14. The summed E-state index contributed by atoms with van der Waals surface area (Å²) in [6, 6.07) is 78.3. The van der Waals surface area contributed by atoms with E-state index in [0.717, 1.165) is 77.6 Å². The molecule has 0 aliphatic rings.